The predicted octanol–water partition coefficient (Wildman–Crippen LogP) is 1.70. The molecule has 0 amide bonds. The van der Waals surface area contributed by atoms with Crippen LogP contribution in [0.25, 0.3) is 11.2 Å². The first-order valence-corrected chi connectivity index (χ1v) is 7.87. The lowest BCUT2D eigenvalue weighted by molar-refractivity contribution is 0.205. The van der Waals surface area contributed by atoms with Crippen LogP contribution in [0.4, 0.5) is 0 Å². The van der Waals surface area contributed by atoms with Gasteiger partial charge < -0.3 is 14.6 Å². The average Bonchev–Trinajstić information content (AvgIpc) is 2.85. The Hall–Kier alpha value is -1.46. The van der Waals surface area contributed by atoms with Crippen LogP contribution in [0.2, 0.25) is 0 Å². The van der Waals surface area contributed by atoms with Crippen LogP contribution >= 0.6 is 0 Å². The molecule has 1 fully saturated rings. The summed E-state index contributed by atoms with van der Waals surface area (Å²) >= 11 is 0. The highest BCUT2D eigenvalue weighted by molar-refractivity contribution is 5.71. The standard InChI is InChI=1S/C16H24N4O/c1-19-9-6-13(7-10-19)12-20-15(5-3-11-21)18-14-4-2-8-17-16(14)20/h2,4,8,13,21H,3,5-7,9-12H2,1H3. The number of likely N-dealkylation sites (tertiary alicyclic amines) is 1. The van der Waals surface area contributed by atoms with E-state index in [1.807, 2.05) is 18.3 Å². The normalized spacial score (nSPS) is 17.6. The third-order valence-corrected chi connectivity index (χ3v) is 4.42. The second-order valence-corrected chi connectivity index (χ2v) is 6.06. The molecule has 21 heavy (non-hydrogen) atoms. The molecule has 3 rings (SSSR count). The summed E-state index contributed by atoms with van der Waals surface area (Å²) in [6.45, 7) is 3.57. The van der Waals surface area contributed by atoms with Crippen molar-refractivity contribution < 1.29 is 5.11 Å². The molecular formula is C16H24N4O. The monoisotopic (exact) mass is 288 g/mol. The van der Waals surface area contributed by atoms with Crippen LogP contribution in [-0.4, -0.2) is 51.3 Å². The molecule has 2 aromatic rings. The molecule has 1 N–H and O–H groups in total. The number of hydrogen-bond donors (Lipinski definition) is 1. The van der Waals surface area contributed by atoms with Crippen LogP contribution in [-0.2, 0) is 13.0 Å². The number of piperidine rings is 1. The number of aliphatic hydroxyl groups is 1. The Morgan fingerprint density at radius 2 is 2.14 bits per heavy atom. The quantitative estimate of drug-likeness (QED) is 0.910. The Labute approximate surface area is 125 Å². The lowest BCUT2D eigenvalue weighted by Gasteiger charge is -2.29. The minimum absolute atomic E-state index is 0.213. The first-order chi connectivity index (χ1) is 10.3. The fourth-order valence-corrected chi connectivity index (χ4v) is 3.13. The minimum atomic E-state index is 0.213. The van der Waals surface area contributed by atoms with Crippen molar-refractivity contribution in [2.45, 2.75) is 32.2 Å². The first-order valence-electron chi connectivity index (χ1n) is 7.87. The fraction of sp³-hybridized carbons (Fsp3) is 0.625. The Morgan fingerprint density at radius 1 is 1.33 bits per heavy atom. The molecule has 0 aliphatic carbocycles. The molecule has 5 heteroatoms. The summed E-state index contributed by atoms with van der Waals surface area (Å²) in [7, 11) is 2.19. The van der Waals surface area contributed by atoms with E-state index in [0.29, 0.717) is 5.92 Å². The van der Waals surface area contributed by atoms with Gasteiger partial charge in [0.05, 0.1) is 0 Å². The number of aromatic nitrogens is 3. The van der Waals surface area contributed by atoms with Crippen molar-refractivity contribution in [1.82, 2.24) is 19.4 Å². The Kier molecular flexibility index (Phi) is 4.51. The maximum atomic E-state index is 9.09. The van der Waals surface area contributed by atoms with E-state index in [4.69, 9.17) is 10.1 Å². The van der Waals surface area contributed by atoms with Gasteiger partial charge in [0.15, 0.2) is 5.65 Å². The smallest absolute Gasteiger partial charge is 0.159 e. The Bertz CT molecular complexity index is 587. The number of hydrogen-bond acceptors (Lipinski definition) is 4. The van der Waals surface area contributed by atoms with Crippen LogP contribution in [0.1, 0.15) is 25.1 Å². The second kappa shape index (κ2) is 6.54. The molecule has 1 aliphatic heterocycles. The molecule has 0 spiro atoms. The third kappa shape index (κ3) is 3.24. The van der Waals surface area contributed by atoms with Gasteiger partial charge in [-0.2, -0.15) is 0 Å². The predicted molar refractivity (Wildman–Crippen MR) is 83.2 cm³/mol. The Morgan fingerprint density at radius 3 is 2.90 bits per heavy atom. The molecule has 0 atom stereocenters. The van der Waals surface area contributed by atoms with Crippen molar-refractivity contribution in [2.24, 2.45) is 5.92 Å². The van der Waals surface area contributed by atoms with Crippen molar-refractivity contribution >= 4 is 11.2 Å². The number of aliphatic hydroxyl groups excluding tert-OH is 1. The van der Waals surface area contributed by atoms with Gasteiger partial charge in [-0.3, -0.25) is 0 Å². The highest BCUT2D eigenvalue weighted by Crippen LogP contribution is 2.22. The van der Waals surface area contributed by atoms with E-state index >= 15 is 0 Å². The van der Waals surface area contributed by atoms with Gasteiger partial charge >= 0.3 is 0 Å². The van der Waals surface area contributed by atoms with E-state index in [1.54, 1.807) is 0 Å². The van der Waals surface area contributed by atoms with Crippen LogP contribution in [0.15, 0.2) is 18.3 Å². The van der Waals surface area contributed by atoms with Gasteiger partial charge in [0, 0.05) is 25.8 Å². The molecular weight excluding hydrogens is 264 g/mol. The van der Waals surface area contributed by atoms with E-state index in [-0.39, 0.29) is 6.61 Å². The van der Waals surface area contributed by atoms with Crippen molar-refractivity contribution in [3.05, 3.63) is 24.2 Å². The molecule has 0 saturated carbocycles. The number of rotatable bonds is 5. The lowest BCUT2D eigenvalue weighted by atomic mass is 9.97. The zero-order valence-corrected chi connectivity index (χ0v) is 12.7. The zero-order chi connectivity index (χ0) is 14.7. The zero-order valence-electron chi connectivity index (χ0n) is 12.7. The highest BCUT2D eigenvalue weighted by Gasteiger charge is 2.20. The van der Waals surface area contributed by atoms with Crippen molar-refractivity contribution in [1.29, 1.82) is 0 Å². The average molecular weight is 288 g/mol. The number of imidazole rings is 1. The maximum absolute atomic E-state index is 9.09. The van der Waals surface area contributed by atoms with Crippen LogP contribution in [0.3, 0.4) is 0 Å². The van der Waals surface area contributed by atoms with Gasteiger partial charge in [-0.25, -0.2) is 9.97 Å². The van der Waals surface area contributed by atoms with Gasteiger partial charge in [-0.05, 0) is 57.5 Å². The molecule has 3 heterocycles. The van der Waals surface area contributed by atoms with E-state index < -0.39 is 0 Å². The molecule has 1 aliphatic rings. The molecule has 0 aromatic carbocycles. The molecule has 2 aromatic heterocycles. The van der Waals surface area contributed by atoms with E-state index in [1.165, 1.54) is 25.9 Å². The summed E-state index contributed by atoms with van der Waals surface area (Å²) in [5.41, 5.74) is 1.96. The molecule has 5 nitrogen and oxygen atoms in total. The summed E-state index contributed by atoms with van der Waals surface area (Å²) < 4.78 is 2.28. The largest absolute Gasteiger partial charge is 0.396 e. The topological polar surface area (TPSA) is 54.2 Å². The fourth-order valence-electron chi connectivity index (χ4n) is 3.13. The van der Waals surface area contributed by atoms with Gasteiger partial charge in [-0.1, -0.05) is 0 Å². The molecule has 114 valence electrons. The summed E-state index contributed by atoms with van der Waals surface area (Å²) in [4.78, 5) is 11.6. The molecule has 0 radical (unpaired) electrons. The van der Waals surface area contributed by atoms with Crippen LogP contribution in [0.5, 0.6) is 0 Å². The molecule has 0 bridgehead atoms. The van der Waals surface area contributed by atoms with Crippen molar-refractivity contribution in [2.75, 3.05) is 26.7 Å². The van der Waals surface area contributed by atoms with Crippen LogP contribution < -0.4 is 0 Å². The van der Waals surface area contributed by atoms with Crippen molar-refractivity contribution in [3.8, 4) is 0 Å². The van der Waals surface area contributed by atoms with Crippen LogP contribution in [0, 0.1) is 5.92 Å². The Balaban J connectivity index is 1.84. The summed E-state index contributed by atoms with van der Waals surface area (Å²) in [6.07, 6.45) is 5.89. The minimum Gasteiger partial charge on any atom is -0.396 e. The molecule has 0 unspecified atom stereocenters. The summed E-state index contributed by atoms with van der Waals surface area (Å²) in [6, 6.07) is 3.96. The van der Waals surface area contributed by atoms with Crippen molar-refractivity contribution in [3.63, 3.8) is 0 Å². The summed E-state index contributed by atoms with van der Waals surface area (Å²) in [5, 5.41) is 9.09. The van der Waals surface area contributed by atoms with E-state index in [9.17, 15) is 0 Å². The van der Waals surface area contributed by atoms with Gasteiger partial charge in [-0.15, -0.1) is 0 Å². The number of fused-ring (bicyclic) bond motifs is 1. The number of aryl methyl sites for hydroxylation is 1. The second-order valence-electron chi connectivity index (χ2n) is 6.06. The van der Waals surface area contributed by atoms with Gasteiger partial charge in [0.1, 0.15) is 11.3 Å². The number of pyridine rings is 1. The highest BCUT2D eigenvalue weighted by atomic mass is 16.2. The summed E-state index contributed by atoms with van der Waals surface area (Å²) in [5.74, 6) is 1.77. The molecule has 1 saturated heterocycles. The van der Waals surface area contributed by atoms with Gasteiger partial charge in [0.2, 0.25) is 0 Å². The first kappa shape index (κ1) is 14.5. The SMILES string of the molecule is CN1CCC(Cn2c(CCCO)nc3cccnc32)CC1. The maximum Gasteiger partial charge on any atom is 0.159 e. The third-order valence-electron chi connectivity index (χ3n) is 4.42. The lowest BCUT2D eigenvalue weighted by Crippen LogP contribution is -2.32. The van der Waals surface area contributed by atoms with E-state index in [2.05, 4.69) is 21.5 Å². The number of nitrogens with zero attached hydrogens (tertiary/aromatic N) is 4. The van der Waals surface area contributed by atoms with E-state index in [0.717, 1.165) is 36.4 Å². The van der Waals surface area contributed by atoms with Gasteiger partial charge in [0.25, 0.3) is 0 Å².